The normalized spacial score (nSPS) is 14.0. The number of benzene rings is 1. The highest BCUT2D eigenvalue weighted by Gasteiger charge is 2.29. The van der Waals surface area contributed by atoms with Crippen molar-refractivity contribution in [2.75, 3.05) is 19.6 Å². The Hall–Kier alpha value is -2.92. The highest BCUT2D eigenvalue weighted by molar-refractivity contribution is 5.80. The number of guanidine groups is 1. The number of hydrogen-bond acceptors (Lipinski definition) is 3. The van der Waals surface area contributed by atoms with Gasteiger partial charge >= 0.3 is 6.18 Å². The standard InChI is InChI=1S/C20H22F3N3O2/c1-3-24-18(26-14-19(2,27)17-7-5-13-28-17)25-12-4-6-15-8-10-16(11-9-15)20(21,22)23/h5,7-11,13,27H,3,12,14H2,1-2H3,(H2,24,25,26). The number of rotatable bonds is 5. The summed E-state index contributed by atoms with van der Waals surface area (Å²) in [4.78, 5) is 4.32. The van der Waals surface area contributed by atoms with Crippen LogP contribution in [0.1, 0.15) is 30.7 Å². The van der Waals surface area contributed by atoms with Gasteiger partial charge in [-0.1, -0.05) is 11.8 Å². The van der Waals surface area contributed by atoms with Crippen LogP contribution in [0.5, 0.6) is 0 Å². The molecule has 0 bridgehead atoms. The second kappa shape index (κ2) is 9.33. The van der Waals surface area contributed by atoms with Crippen molar-refractivity contribution < 1.29 is 22.7 Å². The van der Waals surface area contributed by atoms with Crippen LogP contribution in [0.3, 0.4) is 0 Å². The topological polar surface area (TPSA) is 69.8 Å². The predicted molar refractivity (Wildman–Crippen MR) is 101 cm³/mol. The van der Waals surface area contributed by atoms with E-state index in [1.54, 1.807) is 19.1 Å². The molecule has 0 spiro atoms. The SMILES string of the molecule is CCNC(=NCC(C)(O)c1ccco1)NCC#Cc1ccc(C(F)(F)F)cc1. The minimum Gasteiger partial charge on any atom is -0.466 e. The van der Waals surface area contributed by atoms with Gasteiger partial charge in [0.25, 0.3) is 0 Å². The second-order valence-corrected chi connectivity index (χ2v) is 6.18. The molecule has 1 heterocycles. The predicted octanol–water partition coefficient (Wildman–Crippen LogP) is 3.11. The Labute approximate surface area is 161 Å². The Morgan fingerprint density at radius 2 is 1.89 bits per heavy atom. The molecule has 1 unspecified atom stereocenters. The largest absolute Gasteiger partial charge is 0.466 e. The van der Waals surface area contributed by atoms with Gasteiger partial charge in [0.15, 0.2) is 5.96 Å². The van der Waals surface area contributed by atoms with Crippen LogP contribution < -0.4 is 10.6 Å². The molecule has 1 aromatic heterocycles. The lowest BCUT2D eigenvalue weighted by Gasteiger charge is -2.19. The van der Waals surface area contributed by atoms with Gasteiger partial charge in [-0.15, -0.1) is 0 Å². The average molecular weight is 393 g/mol. The van der Waals surface area contributed by atoms with Crippen molar-refractivity contribution in [3.8, 4) is 11.8 Å². The molecule has 0 fully saturated rings. The molecule has 1 aromatic carbocycles. The first-order valence-corrected chi connectivity index (χ1v) is 8.67. The lowest BCUT2D eigenvalue weighted by atomic mass is 10.0. The third kappa shape index (κ3) is 6.35. The van der Waals surface area contributed by atoms with Crippen LogP contribution in [-0.2, 0) is 11.8 Å². The quantitative estimate of drug-likeness (QED) is 0.415. The zero-order chi connectivity index (χ0) is 20.6. The molecular weight excluding hydrogens is 371 g/mol. The van der Waals surface area contributed by atoms with Crippen LogP contribution in [0.25, 0.3) is 0 Å². The zero-order valence-electron chi connectivity index (χ0n) is 15.6. The summed E-state index contributed by atoms with van der Waals surface area (Å²) in [5, 5.41) is 16.4. The van der Waals surface area contributed by atoms with E-state index in [9.17, 15) is 18.3 Å². The molecule has 8 heteroatoms. The molecule has 0 aliphatic heterocycles. The molecule has 2 rings (SSSR count). The number of halogens is 3. The molecule has 0 radical (unpaired) electrons. The molecule has 0 amide bonds. The fourth-order valence-electron chi connectivity index (χ4n) is 2.25. The fourth-order valence-corrected chi connectivity index (χ4v) is 2.25. The van der Waals surface area contributed by atoms with E-state index in [0.717, 1.165) is 12.1 Å². The number of alkyl halides is 3. The molecule has 3 N–H and O–H groups in total. The summed E-state index contributed by atoms with van der Waals surface area (Å²) in [6.45, 7) is 4.41. The Morgan fingerprint density at radius 1 is 1.18 bits per heavy atom. The lowest BCUT2D eigenvalue weighted by Crippen LogP contribution is -2.39. The maximum absolute atomic E-state index is 12.5. The lowest BCUT2D eigenvalue weighted by molar-refractivity contribution is -0.137. The van der Waals surface area contributed by atoms with Crippen LogP contribution in [-0.4, -0.2) is 30.7 Å². The minimum atomic E-state index is -4.36. The molecule has 0 saturated heterocycles. The van der Waals surface area contributed by atoms with Crippen molar-refractivity contribution in [2.45, 2.75) is 25.6 Å². The van der Waals surface area contributed by atoms with Gasteiger partial charge in [0.1, 0.15) is 11.4 Å². The molecule has 28 heavy (non-hydrogen) atoms. The van der Waals surface area contributed by atoms with E-state index in [-0.39, 0.29) is 13.1 Å². The van der Waals surface area contributed by atoms with Gasteiger partial charge < -0.3 is 20.2 Å². The van der Waals surface area contributed by atoms with Crippen molar-refractivity contribution in [3.63, 3.8) is 0 Å². The number of aliphatic imine (C=N–C) groups is 1. The summed E-state index contributed by atoms with van der Waals surface area (Å²) in [5.74, 6) is 6.48. The Balaban J connectivity index is 1.94. The molecule has 0 saturated carbocycles. The smallest absolute Gasteiger partial charge is 0.416 e. The first-order chi connectivity index (χ1) is 13.2. The minimum absolute atomic E-state index is 0.0716. The van der Waals surface area contributed by atoms with Crippen LogP contribution in [0.4, 0.5) is 13.2 Å². The van der Waals surface area contributed by atoms with Crippen LogP contribution in [0, 0.1) is 11.8 Å². The number of hydrogen-bond donors (Lipinski definition) is 3. The van der Waals surface area contributed by atoms with Crippen molar-refractivity contribution in [2.24, 2.45) is 4.99 Å². The van der Waals surface area contributed by atoms with Gasteiger partial charge in [0, 0.05) is 12.1 Å². The number of nitrogens with one attached hydrogen (secondary N) is 2. The van der Waals surface area contributed by atoms with Crippen molar-refractivity contribution in [1.82, 2.24) is 10.6 Å². The number of furan rings is 1. The van der Waals surface area contributed by atoms with E-state index in [1.165, 1.54) is 18.4 Å². The van der Waals surface area contributed by atoms with Gasteiger partial charge in [-0.3, -0.25) is 0 Å². The summed E-state index contributed by atoms with van der Waals surface area (Å²) in [6, 6.07) is 8.02. The number of nitrogens with zero attached hydrogens (tertiary/aromatic N) is 1. The highest BCUT2D eigenvalue weighted by Crippen LogP contribution is 2.28. The fraction of sp³-hybridized carbons (Fsp3) is 0.350. The summed E-state index contributed by atoms with van der Waals surface area (Å²) < 4.78 is 42.8. The summed E-state index contributed by atoms with van der Waals surface area (Å²) in [6.07, 6.45) is -2.88. The van der Waals surface area contributed by atoms with Crippen molar-refractivity contribution in [3.05, 3.63) is 59.5 Å². The van der Waals surface area contributed by atoms with E-state index in [4.69, 9.17) is 4.42 Å². The molecule has 0 aliphatic carbocycles. The van der Waals surface area contributed by atoms with E-state index in [1.807, 2.05) is 6.92 Å². The van der Waals surface area contributed by atoms with E-state index >= 15 is 0 Å². The molecular formula is C20H22F3N3O2. The van der Waals surface area contributed by atoms with Gasteiger partial charge in [0.05, 0.1) is 24.9 Å². The second-order valence-electron chi connectivity index (χ2n) is 6.18. The van der Waals surface area contributed by atoms with Crippen molar-refractivity contribution in [1.29, 1.82) is 0 Å². The average Bonchev–Trinajstić information content (AvgIpc) is 3.18. The molecule has 5 nitrogen and oxygen atoms in total. The first kappa shape index (κ1) is 21.4. The molecule has 0 aliphatic rings. The Kier molecular flexibility index (Phi) is 7.12. The first-order valence-electron chi connectivity index (χ1n) is 8.67. The van der Waals surface area contributed by atoms with E-state index in [2.05, 4.69) is 27.5 Å². The van der Waals surface area contributed by atoms with E-state index < -0.39 is 17.3 Å². The Morgan fingerprint density at radius 3 is 2.46 bits per heavy atom. The van der Waals surface area contributed by atoms with E-state index in [0.29, 0.717) is 23.8 Å². The van der Waals surface area contributed by atoms with Crippen molar-refractivity contribution >= 4 is 5.96 Å². The summed E-state index contributed by atoms with van der Waals surface area (Å²) in [5.41, 5.74) is -1.48. The molecule has 1 atom stereocenters. The summed E-state index contributed by atoms with van der Waals surface area (Å²) in [7, 11) is 0. The maximum atomic E-state index is 12.5. The molecule has 150 valence electrons. The van der Waals surface area contributed by atoms with Gasteiger partial charge in [0.2, 0.25) is 0 Å². The third-order valence-electron chi connectivity index (χ3n) is 3.73. The number of aliphatic hydroxyl groups is 1. The Bertz CT molecular complexity index is 830. The summed E-state index contributed by atoms with van der Waals surface area (Å²) >= 11 is 0. The monoisotopic (exact) mass is 393 g/mol. The third-order valence-corrected chi connectivity index (χ3v) is 3.73. The maximum Gasteiger partial charge on any atom is 0.416 e. The van der Waals surface area contributed by atoms with Crippen LogP contribution in [0.15, 0.2) is 52.1 Å². The van der Waals surface area contributed by atoms with Crippen LogP contribution in [0.2, 0.25) is 0 Å². The molecule has 2 aromatic rings. The zero-order valence-corrected chi connectivity index (χ0v) is 15.6. The van der Waals surface area contributed by atoms with Gasteiger partial charge in [-0.05, 0) is 50.2 Å². The van der Waals surface area contributed by atoms with Gasteiger partial charge in [-0.25, -0.2) is 4.99 Å². The van der Waals surface area contributed by atoms with Gasteiger partial charge in [-0.2, -0.15) is 13.2 Å². The van der Waals surface area contributed by atoms with Crippen LogP contribution >= 0.6 is 0 Å². The highest BCUT2D eigenvalue weighted by atomic mass is 19.4.